The molecule has 0 aromatic carbocycles. The second-order valence-electron chi connectivity index (χ2n) is 5.01. The number of nitrogens with one attached hydrogen (secondary N) is 1. The molecule has 1 aromatic rings. The largest absolute Gasteiger partial charge is 0.395 e. The van der Waals surface area contributed by atoms with Gasteiger partial charge in [0.05, 0.1) is 11.5 Å². The lowest BCUT2D eigenvalue weighted by atomic mass is 10.2. The number of rotatable bonds is 5. The molecule has 1 aliphatic heterocycles. The minimum atomic E-state index is -0.225. The van der Waals surface area contributed by atoms with E-state index >= 15 is 0 Å². The Balaban J connectivity index is 1.91. The predicted octanol–water partition coefficient (Wildman–Crippen LogP) is -0.230. The van der Waals surface area contributed by atoms with E-state index in [0.29, 0.717) is 4.88 Å². The van der Waals surface area contributed by atoms with Gasteiger partial charge in [0.2, 0.25) is 0 Å². The maximum Gasteiger partial charge on any atom is 0.275 e. The molecular formula is C13H22N4O2S. The molecule has 0 aliphatic carbocycles. The van der Waals surface area contributed by atoms with Crippen LogP contribution >= 0.6 is 11.3 Å². The molecule has 2 heterocycles. The van der Waals surface area contributed by atoms with Crippen molar-refractivity contribution in [2.45, 2.75) is 13.5 Å². The van der Waals surface area contributed by atoms with Crippen molar-refractivity contribution >= 4 is 17.2 Å². The highest BCUT2D eigenvalue weighted by Crippen LogP contribution is 2.23. The number of aryl methyl sites for hydroxylation is 1. The molecule has 0 bridgehead atoms. The van der Waals surface area contributed by atoms with Crippen LogP contribution in [0.15, 0.2) is 6.07 Å². The fraction of sp³-hybridized carbons (Fsp3) is 0.615. The van der Waals surface area contributed by atoms with E-state index in [2.05, 4.69) is 15.2 Å². The monoisotopic (exact) mass is 298 g/mol. The van der Waals surface area contributed by atoms with Crippen molar-refractivity contribution in [1.82, 2.24) is 15.2 Å². The van der Waals surface area contributed by atoms with Gasteiger partial charge in [-0.1, -0.05) is 0 Å². The third-order valence-electron chi connectivity index (χ3n) is 3.65. The fourth-order valence-corrected chi connectivity index (χ4v) is 3.35. The quantitative estimate of drug-likeness (QED) is 0.397. The number of aliphatic hydroxyl groups excluding tert-OH is 1. The SMILES string of the molecule is Cc1sc(C(=O)NN)cc1CN1CCN(CCO)CC1. The van der Waals surface area contributed by atoms with Crippen LogP contribution < -0.4 is 11.3 Å². The van der Waals surface area contributed by atoms with Crippen molar-refractivity contribution in [2.75, 3.05) is 39.3 Å². The second-order valence-corrected chi connectivity index (χ2v) is 6.26. The van der Waals surface area contributed by atoms with Crippen molar-refractivity contribution in [2.24, 2.45) is 5.84 Å². The lowest BCUT2D eigenvalue weighted by Crippen LogP contribution is -2.46. The molecule has 1 amide bonds. The van der Waals surface area contributed by atoms with Crippen molar-refractivity contribution in [1.29, 1.82) is 0 Å². The number of amides is 1. The minimum absolute atomic E-state index is 0.223. The predicted molar refractivity (Wildman–Crippen MR) is 79.5 cm³/mol. The van der Waals surface area contributed by atoms with Crippen molar-refractivity contribution in [3.05, 3.63) is 21.4 Å². The van der Waals surface area contributed by atoms with Crippen LogP contribution in [0.1, 0.15) is 20.1 Å². The summed E-state index contributed by atoms with van der Waals surface area (Å²) in [5.74, 6) is 4.94. The molecule has 1 aliphatic rings. The number of thiophene rings is 1. The Bertz CT molecular complexity index is 455. The summed E-state index contributed by atoms with van der Waals surface area (Å²) in [5, 5.41) is 8.93. The third kappa shape index (κ3) is 3.77. The van der Waals surface area contributed by atoms with Crippen LogP contribution in [0.25, 0.3) is 0 Å². The number of aliphatic hydroxyl groups is 1. The van der Waals surface area contributed by atoms with Crippen molar-refractivity contribution in [3.63, 3.8) is 0 Å². The van der Waals surface area contributed by atoms with Gasteiger partial charge in [0.15, 0.2) is 0 Å². The van der Waals surface area contributed by atoms with Gasteiger partial charge in [0.25, 0.3) is 5.91 Å². The van der Waals surface area contributed by atoms with E-state index in [0.717, 1.165) is 39.3 Å². The average Bonchev–Trinajstić information content (AvgIpc) is 2.82. The number of carbonyl (C=O) groups excluding carboxylic acids is 1. The van der Waals surface area contributed by atoms with E-state index in [9.17, 15) is 4.79 Å². The summed E-state index contributed by atoms with van der Waals surface area (Å²) in [6, 6.07) is 1.93. The highest BCUT2D eigenvalue weighted by molar-refractivity contribution is 7.14. The molecule has 1 aromatic heterocycles. The summed E-state index contributed by atoms with van der Waals surface area (Å²) < 4.78 is 0. The van der Waals surface area contributed by atoms with Crippen LogP contribution in [0.3, 0.4) is 0 Å². The van der Waals surface area contributed by atoms with Crippen molar-refractivity contribution < 1.29 is 9.90 Å². The molecule has 0 atom stereocenters. The second kappa shape index (κ2) is 7.14. The van der Waals surface area contributed by atoms with Gasteiger partial charge >= 0.3 is 0 Å². The first kappa shape index (κ1) is 15.4. The Morgan fingerprint density at radius 2 is 2.05 bits per heavy atom. The average molecular weight is 298 g/mol. The van der Waals surface area contributed by atoms with E-state index in [-0.39, 0.29) is 12.5 Å². The lowest BCUT2D eigenvalue weighted by Gasteiger charge is -2.34. The number of hydrazine groups is 1. The smallest absolute Gasteiger partial charge is 0.275 e. The zero-order valence-electron chi connectivity index (χ0n) is 11.8. The van der Waals surface area contributed by atoms with E-state index < -0.39 is 0 Å². The standard InChI is InChI=1S/C13H22N4O2S/c1-10-11(8-12(20-10)13(19)15-14)9-17-4-2-16(3-5-17)6-7-18/h8,18H,2-7,9,14H2,1H3,(H,15,19). The number of nitrogen functional groups attached to an aromatic ring is 1. The Labute approximate surface area is 123 Å². The van der Waals surface area contributed by atoms with Crippen LogP contribution in [0.4, 0.5) is 0 Å². The molecule has 0 radical (unpaired) electrons. The first-order valence-electron chi connectivity index (χ1n) is 6.80. The summed E-state index contributed by atoms with van der Waals surface area (Å²) in [6.07, 6.45) is 0. The molecule has 0 spiro atoms. The number of carbonyl (C=O) groups is 1. The number of piperazine rings is 1. The fourth-order valence-electron chi connectivity index (χ4n) is 2.41. The maximum absolute atomic E-state index is 11.5. The highest BCUT2D eigenvalue weighted by atomic mass is 32.1. The van der Waals surface area contributed by atoms with Crippen LogP contribution in [-0.2, 0) is 6.54 Å². The maximum atomic E-state index is 11.5. The van der Waals surface area contributed by atoms with Gasteiger partial charge in [-0.05, 0) is 18.6 Å². The number of β-amino-alcohol motifs (C(OH)–C–C–N with tert-alkyl or cyclic N) is 1. The van der Waals surface area contributed by atoms with Gasteiger partial charge in [-0.25, -0.2) is 5.84 Å². The number of hydrogen-bond acceptors (Lipinski definition) is 6. The van der Waals surface area contributed by atoms with Crippen LogP contribution in [0.2, 0.25) is 0 Å². The summed E-state index contributed by atoms with van der Waals surface area (Å²) in [4.78, 5) is 18.0. The molecule has 1 fully saturated rings. The number of nitrogens with zero attached hydrogens (tertiary/aromatic N) is 2. The summed E-state index contributed by atoms with van der Waals surface area (Å²) in [6.45, 7) is 7.84. The molecule has 0 unspecified atom stereocenters. The Kier molecular flexibility index (Phi) is 5.50. The minimum Gasteiger partial charge on any atom is -0.395 e. The van der Waals surface area contributed by atoms with Gasteiger partial charge in [-0.15, -0.1) is 11.3 Å². The molecule has 4 N–H and O–H groups in total. The Morgan fingerprint density at radius 1 is 1.40 bits per heavy atom. The van der Waals surface area contributed by atoms with E-state index in [1.165, 1.54) is 21.8 Å². The van der Waals surface area contributed by atoms with Crippen LogP contribution in [0.5, 0.6) is 0 Å². The van der Waals surface area contributed by atoms with Gasteiger partial charge in [-0.3, -0.25) is 20.0 Å². The highest BCUT2D eigenvalue weighted by Gasteiger charge is 2.18. The molecule has 0 saturated carbocycles. The molecular weight excluding hydrogens is 276 g/mol. The summed E-state index contributed by atoms with van der Waals surface area (Å²) >= 11 is 1.48. The van der Waals surface area contributed by atoms with E-state index in [1.807, 2.05) is 13.0 Å². The first-order chi connectivity index (χ1) is 9.63. The van der Waals surface area contributed by atoms with Crippen molar-refractivity contribution in [3.8, 4) is 0 Å². The zero-order chi connectivity index (χ0) is 14.5. The molecule has 2 rings (SSSR count). The Morgan fingerprint density at radius 3 is 2.65 bits per heavy atom. The first-order valence-corrected chi connectivity index (χ1v) is 7.61. The van der Waals surface area contributed by atoms with Crippen LogP contribution in [-0.4, -0.2) is 60.1 Å². The van der Waals surface area contributed by atoms with E-state index in [4.69, 9.17) is 10.9 Å². The normalized spacial score (nSPS) is 17.4. The molecule has 112 valence electrons. The van der Waals surface area contributed by atoms with E-state index in [1.54, 1.807) is 0 Å². The number of nitrogens with two attached hydrogens (primary N) is 1. The van der Waals surface area contributed by atoms with Gasteiger partial charge in [-0.2, -0.15) is 0 Å². The summed E-state index contributed by atoms with van der Waals surface area (Å²) in [5.41, 5.74) is 3.37. The molecule has 6 nitrogen and oxygen atoms in total. The molecule has 1 saturated heterocycles. The van der Waals surface area contributed by atoms with Gasteiger partial charge in [0.1, 0.15) is 0 Å². The molecule has 7 heteroatoms. The molecule has 20 heavy (non-hydrogen) atoms. The number of hydrogen-bond donors (Lipinski definition) is 3. The van der Waals surface area contributed by atoms with Gasteiger partial charge < -0.3 is 5.11 Å². The third-order valence-corrected chi connectivity index (χ3v) is 4.74. The van der Waals surface area contributed by atoms with Gasteiger partial charge in [0, 0.05) is 44.1 Å². The topological polar surface area (TPSA) is 81.8 Å². The zero-order valence-corrected chi connectivity index (χ0v) is 12.6. The lowest BCUT2D eigenvalue weighted by molar-refractivity contribution is 0.0957. The van der Waals surface area contributed by atoms with Crippen LogP contribution in [0, 0.1) is 6.92 Å². The summed E-state index contributed by atoms with van der Waals surface area (Å²) in [7, 11) is 0. The Hall–Kier alpha value is -0.990.